The molecule has 0 atom stereocenters. The molecule has 0 bridgehead atoms. The molecule has 2 N–H and O–H groups in total. The topological polar surface area (TPSA) is 71.9 Å². The maximum atomic E-state index is 8.59. The number of hydrogen-bond donors (Lipinski definition) is 1. The van der Waals surface area contributed by atoms with Gasteiger partial charge in [-0.25, -0.2) is 4.98 Å². The number of anilines is 1. The smallest absolute Gasteiger partial charge is 0.147 e. The van der Waals surface area contributed by atoms with Crippen molar-refractivity contribution < 1.29 is 4.74 Å². The van der Waals surface area contributed by atoms with Crippen LogP contribution in [0.25, 0.3) is 0 Å². The van der Waals surface area contributed by atoms with Crippen molar-refractivity contribution in [2.75, 3.05) is 5.73 Å². The number of nitrogens with zero attached hydrogens (tertiary/aromatic N) is 2. The first-order valence-corrected chi connectivity index (χ1v) is 4.12. The molecule has 1 aliphatic carbocycles. The predicted molar refractivity (Wildman–Crippen MR) is 47.0 cm³/mol. The van der Waals surface area contributed by atoms with Crippen LogP contribution < -0.4 is 10.5 Å². The zero-order chi connectivity index (χ0) is 9.26. The molecule has 0 aliphatic heterocycles. The average Bonchev–Trinajstić information content (AvgIpc) is 2.93. The Balaban J connectivity index is 2.25. The first kappa shape index (κ1) is 7.87. The van der Waals surface area contributed by atoms with Gasteiger partial charge in [0.1, 0.15) is 17.5 Å². The SMILES string of the molecule is N#Cc1cc(OC2CC2)c(N)cn1. The molecule has 0 spiro atoms. The van der Waals surface area contributed by atoms with Gasteiger partial charge in [0.05, 0.1) is 18.0 Å². The normalized spacial score (nSPS) is 15.0. The van der Waals surface area contributed by atoms with E-state index < -0.39 is 0 Å². The minimum Gasteiger partial charge on any atom is -0.488 e. The fraction of sp³-hybridized carbons (Fsp3) is 0.333. The van der Waals surface area contributed by atoms with Gasteiger partial charge in [-0.1, -0.05) is 0 Å². The minimum atomic E-state index is 0.288. The predicted octanol–water partition coefficient (Wildman–Crippen LogP) is 1.08. The molecule has 0 aromatic carbocycles. The number of nitriles is 1. The van der Waals surface area contributed by atoms with Gasteiger partial charge < -0.3 is 10.5 Å². The summed E-state index contributed by atoms with van der Waals surface area (Å²) in [6, 6.07) is 3.52. The number of rotatable bonds is 2. The van der Waals surface area contributed by atoms with Crippen LogP contribution in [0, 0.1) is 11.3 Å². The van der Waals surface area contributed by atoms with E-state index in [1.165, 1.54) is 6.20 Å². The van der Waals surface area contributed by atoms with Crippen molar-refractivity contribution in [2.24, 2.45) is 0 Å². The third-order valence-electron chi connectivity index (χ3n) is 1.83. The zero-order valence-corrected chi connectivity index (χ0v) is 7.03. The Bertz CT molecular complexity index is 366. The lowest BCUT2D eigenvalue weighted by Gasteiger charge is -2.06. The van der Waals surface area contributed by atoms with E-state index in [0.717, 1.165) is 12.8 Å². The first-order valence-electron chi connectivity index (χ1n) is 4.12. The van der Waals surface area contributed by atoms with Crippen LogP contribution in [0.15, 0.2) is 12.3 Å². The number of pyridine rings is 1. The maximum absolute atomic E-state index is 8.59. The van der Waals surface area contributed by atoms with Crippen LogP contribution in [0.2, 0.25) is 0 Å². The summed E-state index contributed by atoms with van der Waals surface area (Å²) in [5.41, 5.74) is 6.45. The lowest BCUT2D eigenvalue weighted by molar-refractivity contribution is 0.304. The summed E-state index contributed by atoms with van der Waals surface area (Å²) >= 11 is 0. The molecule has 1 fully saturated rings. The summed E-state index contributed by atoms with van der Waals surface area (Å²) in [7, 11) is 0. The van der Waals surface area contributed by atoms with E-state index in [1.807, 2.05) is 6.07 Å². The molecule has 66 valence electrons. The molecule has 1 saturated carbocycles. The lowest BCUT2D eigenvalue weighted by atomic mass is 10.3. The summed E-state index contributed by atoms with van der Waals surface area (Å²) in [6.45, 7) is 0. The standard InChI is InChI=1S/C9H9N3O/c10-4-6-3-9(8(11)5-12-6)13-7-1-2-7/h3,5,7H,1-2,11H2. The summed E-state index contributed by atoms with van der Waals surface area (Å²) < 4.78 is 5.48. The molecular formula is C9H9N3O. The maximum Gasteiger partial charge on any atom is 0.147 e. The van der Waals surface area contributed by atoms with E-state index in [9.17, 15) is 0 Å². The molecule has 1 aromatic rings. The summed E-state index contributed by atoms with van der Waals surface area (Å²) in [5.74, 6) is 0.578. The molecule has 0 radical (unpaired) electrons. The fourth-order valence-electron chi connectivity index (χ4n) is 0.976. The molecule has 13 heavy (non-hydrogen) atoms. The van der Waals surface area contributed by atoms with Crippen LogP contribution >= 0.6 is 0 Å². The summed E-state index contributed by atoms with van der Waals surface area (Å²) in [4.78, 5) is 3.82. The number of ether oxygens (including phenoxy) is 1. The minimum absolute atomic E-state index is 0.288. The van der Waals surface area contributed by atoms with Crippen LogP contribution in [-0.4, -0.2) is 11.1 Å². The molecule has 1 heterocycles. The van der Waals surface area contributed by atoms with E-state index in [-0.39, 0.29) is 6.10 Å². The van der Waals surface area contributed by atoms with E-state index >= 15 is 0 Å². The van der Waals surface area contributed by atoms with Gasteiger partial charge in [0.2, 0.25) is 0 Å². The summed E-state index contributed by atoms with van der Waals surface area (Å²) in [5, 5.41) is 8.59. The molecule has 0 amide bonds. The van der Waals surface area contributed by atoms with E-state index in [0.29, 0.717) is 17.1 Å². The van der Waals surface area contributed by atoms with Gasteiger partial charge in [0.15, 0.2) is 0 Å². The van der Waals surface area contributed by atoms with Gasteiger partial charge >= 0.3 is 0 Å². The number of hydrogen-bond acceptors (Lipinski definition) is 4. The van der Waals surface area contributed by atoms with E-state index in [1.54, 1.807) is 6.07 Å². The molecule has 4 heteroatoms. The Kier molecular flexibility index (Phi) is 1.78. The highest BCUT2D eigenvalue weighted by Crippen LogP contribution is 2.30. The van der Waals surface area contributed by atoms with Crippen LogP contribution in [0.5, 0.6) is 5.75 Å². The van der Waals surface area contributed by atoms with Crippen LogP contribution in [0.4, 0.5) is 5.69 Å². The van der Waals surface area contributed by atoms with Crippen molar-refractivity contribution in [1.82, 2.24) is 4.98 Å². The van der Waals surface area contributed by atoms with E-state index in [4.69, 9.17) is 15.7 Å². The molecular weight excluding hydrogens is 166 g/mol. The van der Waals surface area contributed by atoms with Crippen molar-refractivity contribution in [1.29, 1.82) is 5.26 Å². The quantitative estimate of drug-likeness (QED) is 0.729. The number of nitrogens with two attached hydrogens (primary N) is 1. The lowest BCUT2D eigenvalue weighted by Crippen LogP contribution is -2.01. The van der Waals surface area contributed by atoms with Gasteiger partial charge in [0.25, 0.3) is 0 Å². The number of nitrogen functional groups attached to an aromatic ring is 1. The highest BCUT2D eigenvalue weighted by atomic mass is 16.5. The average molecular weight is 175 g/mol. The van der Waals surface area contributed by atoms with Crippen molar-refractivity contribution in [2.45, 2.75) is 18.9 Å². The van der Waals surface area contributed by atoms with Gasteiger partial charge in [-0.3, -0.25) is 0 Å². The monoisotopic (exact) mass is 175 g/mol. The number of aromatic nitrogens is 1. The van der Waals surface area contributed by atoms with Crippen LogP contribution in [0.1, 0.15) is 18.5 Å². The Morgan fingerprint density at radius 3 is 3.00 bits per heavy atom. The van der Waals surface area contributed by atoms with Crippen molar-refractivity contribution in [3.05, 3.63) is 18.0 Å². The third kappa shape index (κ3) is 1.70. The van der Waals surface area contributed by atoms with Gasteiger partial charge in [-0.2, -0.15) is 5.26 Å². The Hall–Kier alpha value is -1.76. The highest BCUT2D eigenvalue weighted by molar-refractivity contribution is 5.52. The Morgan fingerprint density at radius 2 is 2.38 bits per heavy atom. The van der Waals surface area contributed by atoms with Crippen LogP contribution in [-0.2, 0) is 0 Å². The molecule has 4 nitrogen and oxygen atoms in total. The second-order valence-electron chi connectivity index (χ2n) is 3.04. The molecule has 0 unspecified atom stereocenters. The van der Waals surface area contributed by atoms with Crippen molar-refractivity contribution >= 4 is 5.69 Å². The largest absolute Gasteiger partial charge is 0.488 e. The van der Waals surface area contributed by atoms with Crippen molar-refractivity contribution in [3.8, 4) is 11.8 Å². The first-order chi connectivity index (χ1) is 6.29. The molecule has 1 aromatic heterocycles. The summed E-state index contributed by atoms with van der Waals surface area (Å²) in [6.07, 6.45) is 3.89. The third-order valence-corrected chi connectivity index (χ3v) is 1.83. The van der Waals surface area contributed by atoms with Crippen molar-refractivity contribution in [3.63, 3.8) is 0 Å². The molecule has 1 aliphatic rings. The zero-order valence-electron chi connectivity index (χ0n) is 7.03. The van der Waals surface area contributed by atoms with Crippen LogP contribution in [0.3, 0.4) is 0 Å². The highest BCUT2D eigenvalue weighted by Gasteiger charge is 2.24. The molecule has 0 saturated heterocycles. The second kappa shape index (κ2) is 2.94. The fourth-order valence-corrected chi connectivity index (χ4v) is 0.976. The van der Waals surface area contributed by atoms with E-state index in [2.05, 4.69) is 4.98 Å². The molecule has 2 rings (SSSR count). The van der Waals surface area contributed by atoms with Gasteiger partial charge in [-0.05, 0) is 12.8 Å². The second-order valence-corrected chi connectivity index (χ2v) is 3.04. The van der Waals surface area contributed by atoms with Gasteiger partial charge in [-0.15, -0.1) is 0 Å². The Labute approximate surface area is 76.0 Å². The van der Waals surface area contributed by atoms with Gasteiger partial charge in [0, 0.05) is 6.07 Å². The Morgan fingerprint density at radius 1 is 1.62 bits per heavy atom.